The second-order valence-corrected chi connectivity index (χ2v) is 9.30. The number of rotatable bonds is 5. The van der Waals surface area contributed by atoms with Crippen LogP contribution >= 0.6 is 23.2 Å². The van der Waals surface area contributed by atoms with Crippen LogP contribution in [0.5, 0.6) is 0 Å². The number of aromatic nitrogens is 1. The summed E-state index contributed by atoms with van der Waals surface area (Å²) in [6.45, 7) is 1.33. The fourth-order valence-corrected chi connectivity index (χ4v) is 5.42. The molecule has 0 radical (unpaired) electrons. The number of hydrogen-bond acceptors (Lipinski definition) is 6. The molecule has 0 fully saturated rings. The summed E-state index contributed by atoms with van der Waals surface area (Å²) in [6, 6.07) is 9.53. The molecule has 0 bridgehead atoms. The van der Waals surface area contributed by atoms with Crippen LogP contribution in [-0.2, 0) is 16.6 Å². The third-order valence-electron chi connectivity index (χ3n) is 4.92. The van der Waals surface area contributed by atoms with Gasteiger partial charge in [-0.15, -0.1) is 0 Å². The molecule has 4 aromatic rings. The summed E-state index contributed by atoms with van der Waals surface area (Å²) in [7, 11) is -4.10. The quantitative estimate of drug-likeness (QED) is 0.372. The fourth-order valence-electron chi connectivity index (χ4n) is 3.37. The maximum Gasteiger partial charge on any atom is 0.263 e. The van der Waals surface area contributed by atoms with E-state index < -0.39 is 16.6 Å². The van der Waals surface area contributed by atoms with Crippen molar-refractivity contribution in [3.05, 3.63) is 70.0 Å². The Morgan fingerprint density at radius 1 is 1.19 bits per heavy atom. The number of furan rings is 1. The molecule has 10 heteroatoms. The molecule has 2 heterocycles. The van der Waals surface area contributed by atoms with Crippen molar-refractivity contribution < 1.29 is 17.9 Å². The van der Waals surface area contributed by atoms with Gasteiger partial charge in [0.25, 0.3) is 10.0 Å². The Bertz CT molecular complexity index is 1420. The Labute approximate surface area is 188 Å². The van der Waals surface area contributed by atoms with Crippen LogP contribution in [0.4, 0.5) is 11.5 Å². The molecule has 0 aliphatic carbocycles. The number of nitrogens with zero attached hydrogens (tertiary/aromatic N) is 1. The summed E-state index contributed by atoms with van der Waals surface area (Å²) in [6.07, 6.45) is 3.11. The zero-order chi connectivity index (χ0) is 22.3. The van der Waals surface area contributed by atoms with Gasteiger partial charge >= 0.3 is 0 Å². The number of sulfonamides is 1. The number of aliphatic hydroxyl groups excluding tert-OH is 1. The van der Waals surface area contributed by atoms with Gasteiger partial charge in [-0.05, 0) is 47.9 Å². The summed E-state index contributed by atoms with van der Waals surface area (Å²) >= 11 is 12.2. The molecule has 0 spiro atoms. The van der Waals surface area contributed by atoms with Crippen LogP contribution in [0.3, 0.4) is 0 Å². The van der Waals surface area contributed by atoms with Crippen molar-refractivity contribution in [1.29, 1.82) is 0 Å². The number of hydrogen-bond donors (Lipinski definition) is 3. The van der Waals surface area contributed by atoms with Gasteiger partial charge in [-0.25, -0.2) is 13.4 Å². The second-order valence-electron chi connectivity index (χ2n) is 6.84. The Morgan fingerprint density at radius 3 is 2.71 bits per heavy atom. The lowest BCUT2D eigenvalue weighted by molar-refractivity contribution is 0.281. The van der Waals surface area contributed by atoms with Gasteiger partial charge in [-0.3, -0.25) is 4.72 Å². The number of pyridine rings is 1. The van der Waals surface area contributed by atoms with Crippen molar-refractivity contribution in [3.8, 4) is 11.1 Å². The lowest BCUT2D eigenvalue weighted by Gasteiger charge is -2.15. The van der Waals surface area contributed by atoms with E-state index in [0.29, 0.717) is 33.6 Å². The van der Waals surface area contributed by atoms with E-state index in [2.05, 4.69) is 9.71 Å². The average molecular weight is 478 g/mol. The summed E-state index contributed by atoms with van der Waals surface area (Å²) in [4.78, 5) is 3.89. The molecule has 2 aromatic carbocycles. The fraction of sp³-hybridized carbons (Fsp3) is 0.0952. The molecule has 0 saturated heterocycles. The third kappa shape index (κ3) is 3.83. The van der Waals surface area contributed by atoms with Gasteiger partial charge in [0.05, 0.1) is 29.0 Å². The highest BCUT2D eigenvalue weighted by molar-refractivity contribution is 7.92. The molecule has 4 rings (SSSR count). The summed E-state index contributed by atoms with van der Waals surface area (Å²) in [5.74, 6) is 0.314. The van der Waals surface area contributed by atoms with Gasteiger partial charge < -0.3 is 15.3 Å². The van der Waals surface area contributed by atoms with Crippen molar-refractivity contribution in [3.63, 3.8) is 0 Å². The molecule has 7 nitrogen and oxygen atoms in total. The lowest BCUT2D eigenvalue weighted by Crippen LogP contribution is -2.15. The molecule has 4 N–H and O–H groups in total. The smallest absolute Gasteiger partial charge is 0.263 e. The molecule has 160 valence electrons. The zero-order valence-electron chi connectivity index (χ0n) is 16.2. The monoisotopic (exact) mass is 477 g/mol. The minimum absolute atomic E-state index is 0.0899. The average Bonchev–Trinajstić information content (AvgIpc) is 3.16. The number of benzene rings is 2. The van der Waals surface area contributed by atoms with Gasteiger partial charge in [-0.1, -0.05) is 35.3 Å². The highest BCUT2D eigenvalue weighted by Crippen LogP contribution is 2.38. The minimum Gasteiger partial charge on any atom is -0.463 e. The van der Waals surface area contributed by atoms with Crippen molar-refractivity contribution >= 4 is 55.7 Å². The molecule has 0 unspecified atom stereocenters. The number of anilines is 2. The molecule has 2 aromatic heterocycles. The maximum atomic E-state index is 13.1. The number of fused-ring (bicyclic) bond motifs is 1. The first kappa shape index (κ1) is 21.5. The number of halogens is 2. The van der Waals surface area contributed by atoms with Crippen LogP contribution in [0.2, 0.25) is 10.0 Å². The molecular weight excluding hydrogens is 461 g/mol. The Kier molecular flexibility index (Phi) is 5.57. The third-order valence-corrected chi connectivity index (χ3v) is 7.09. The molecule has 31 heavy (non-hydrogen) atoms. The first-order valence-corrected chi connectivity index (χ1v) is 11.3. The molecule has 0 amide bonds. The first-order valence-electron chi connectivity index (χ1n) is 9.06. The predicted molar refractivity (Wildman–Crippen MR) is 122 cm³/mol. The van der Waals surface area contributed by atoms with E-state index >= 15 is 0 Å². The van der Waals surface area contributed by atoms with Crippen molar-refractivity contribution in [2.45, 2.75) is 18.4 Å². The summed E-state index contributed by atoms with van der Waals surface area (Å²) in [5, 5.41) is 10.1. The number of nitrogens with two attached hydrogens (primary N) is 1. The molecular formula is C21H17Cl2N3O4S. The van der Waals surface area contributed by atoms with Crippen molar-refractivity contribution in [2.75, 3.05) is 10.5 Å². The standard InChI is InChI=1S/C21H17Cl2N3O4S/c1-11-14(15-10-30-17-5-6-25-21(24)19(15)17)3-2-4-16(11)26-31(28,29)18-8-13(22)7-12(9-27)20(18)23/h2-8,10,26-27H,9H2,1H3,(H2,24,25). The van der Waals surface area contributed by atoms with Crippen LogP contribution in [0.1, 0.15) is 11.1 Å². The zero-order valence-corrected chi connectivity index (χ0v) is 18.5. The number of nitrogen functional groups attached to an aromatic ring is 1. The molecule has 0 saturated carbocycles. The van der Waals surface area contributed by atoms with E-state index in [1.807, 2.05) is 6.07 Å². The van der Waals surface area contributed by atoms with Crippen LogP contribution in [0.25, 0.3) is 22.1 Å². The minimum atomic E-state index is -4.10. The normalized spacial score (nSPS) is 11.7. The van der Waals surface area contributed by atoms with E-state index in [0.717, 1.165) is 5.56 Å². The van der Waals surface area contributed by atoms with Gasteiger partial charge in [-0.2, -0.15) is 0 Å². The molecule has 0 aliphatic rings. The van der Waals surface area contributed by atoms with E-state index in [9.17, 15) is 13.5 Å². The second kappa shape index (κ2) is 8.05. The van der Waals surface area contributed by atoms with Crippen molar-refractivity contribution in [1.82, 2.24) is 4.98 Å². The van der Waals surface area contributed by atoms with Gasteiger partial charge in [0.15, 0.2) is 0 Å². The number of aliphatic hydroxyl groups is 1. The summed E-state index contributed by atoms with van der Waals surface area (Å²) in [5.41, 5.74) is 9.25. The van der Waals surface area contributed by atoms with Crippen molar-refractivity contribution in [2.24, 2.45) is 0 Å². The van der Waals surface area contributed by atoms with Gasteiger partial charge in [0.2, 0.25) is 0 Å². The van der Waals surface area contributed by atoms with Crippen LogP contribution < -0.4 is 10.5 Å². The highest BCUT2D eigenvalue weighted by atomic mass is 35.5. The van der Waals surface area contributed by atoms with Gasteiger partial charge in [0.1, 0.15) is 16.3 Å². The van der Waals surface area contributed by atoms with Gasteiger partial charge in [0, 0.05) is 16.8 Å². The SMILES string of the molecule is Cc1c(NS(=O)(=O)c2cc(Cl)cc(CO)c2Cl)cccc1-c1coc2ccnc(N)c12. The predicted octanol–water partition coefficient (Wildman–Crippen LogP) is 4.99. The van der Waals surface area contributed by atoms with E-state index in [1.165, 1.54) is 12.1 Å². The largest absolute Gasteiger partial charge is 0.463 e. The summed E-state index contributed by atoms with van der Waals surface area (Å²) < 4.78 is 34.3. The van der Waals surface area contributed by atoms with Crippen LogP contribution in [0, 0.1) is 6.92 Å². The highest BCUT2D eigenvalue weighted by Gasteiger charge is 2.23. The Hall–Kier alpha value is -2.78. The molecule has 0 aliphatic heterocycles. The topological polar surface area (TPSA) is 118 Å². The first-order chi connectivity index (χ1) is 14.7. The maximum absolute atomic E-state index is 13.1. The number of nitrogens with one attached hydrogen (secondary N) is 1. The lowest BCUT2D eigenvalue weighted by atomic mass is 9.99. The Morgan fingerprint density at radius 2 is 1.97 bits per heavy atom. The van der Waals surface area contributed by atoms with Crippen LogP contribution in [0.15, 0.2) is 58.2 Å². The van der Waals surface area contributed by atoms with E-state index in [1.54, 1.807) is 37.6 Å². The molecule has 0 atom stereocenters. The van der Waals surface area contributed by atoms with E-state index in [4.69, 9.17) is 33.4 Å². The van der Waals surface area contributed by atoms with E-state index in [-0.39, 0.29) is 20.5 Å². The van der Waals surface area contributed by atoms with Crippen LogP contribution in [-0.4, -0.2) is 18.5 Å². The Balaban J connectivity index is 1.80.